The zero-order valence-electron chi connectivity index (χ0n) is 11.5. The van der Waals surface area contributed by atoms with Crippen LogP contribution in [0.25, 0.3) is 0 Å². The summed E-state index contributed by atoms with van der Waals surface area (Å²) < 4.78 is 11.6. The number of hydrogen-bond acceptors (Lipinski definition) is 3. The molecule has 102 valence electrons. The molecule has 1 aromatic rings. The van der Waals surface area contributed by atoms with Crippen molar-refractivity contribution in [1.82, 2.24) is 5.32 Å². The van der Waals surface area contributed by atoms with E-state index in [2.05, 4.69) is 35.1 Å². The minimum absolute atomic E-state index is 0.523. The molecule has 18 heavy (non-hydrogen) atoms. The first kappa shape index (κ1) is 15.3. The fourth-order valence-electron chi connectivity index (χ4n) is 1.85. The van der Waals surface area contributed by atoms with Gasteiger partial charge in [-0.25, -0.2) is 0 Å². The quantitative estimate of drug-likeness (QED) is 0.831. The van der Waals surface area contributed by atoms with Gasteiger partial charge in [0.25, 0.3) is 0 Å². The van der Waals surface area contributed by atoms with Gasteiger partial charge < -0.3 is 14.8 Å². The largest absolute Gasteiger partial charge is 0.493 e. The highest BCUT2D eigenvalue weighted by atomic mass is 79.9. The molecule has 0 aliphatic rings. The molecule has 1 N–H and O–H groups in total. The van der Waals surface area contributed by atoms with Gasteiger partial charge in [-0.3, -0.25) is 0 Å². The third kappa shape index (κ3) is 4.18. The number of hydrogen-bond donors (Lipinski definition) is 1. The van der Waals surface area contributed by atoms with Crippen molar-refractivity contribution in [2.45, 2.75) is 39.3 Å². The molecule has 0 amide bonds. The normalized spacial score (nSPS) is 12.3. The van der Waals surface area contributed by atoms with Crippen LogP contribution in [0.3, 0.4) is 0 Å². The zero-order chi connectivity index (χ0) is 13.5. The van der Waals surface area contributed by atoms with Crippen LogP contribution in [0.4, 0.5) is 0 Å². The monoisotopic (exact) mass is 315 g/mol. The number of halogens is 1. The maximum atomic E-state index is 5.31. The lowest BCUT2D eigenvalue weighted by atomic mass is 10.1. The van der Waals surface area contributed by atoms with Gasteiger partial charge in [0.15, 0.2) is 11.5 Å². The van der Waals surface area contributed by atoms with Crippen molar-refractivity contribution in [3.05, 3.63) is 22.2 Å². The molecule has 1 aromatic carbocycles. The van der Waals surface area contributed by atoms with Crippen LogP contribution < -0.4 is 14.8 Å². The third-order valence-corrected chi connectivity index (χ3v) is 3.65. The summed E-state index contributed by atoms with van der Waals surface area (Å²) in [6, 6.07) is 4.48. The molecule has 0 saturated heterocycles. The second-order valence-corrected chi connectivity index (χ2v) is 5.22. The fourth-order valence-corrected chi connectivity index (χ4v) is 2.31. The summed E-state index contributed by atoms with van der Waals surface area (Å²) >= 11 is 3.56. The van der Waals surface area contributed by atoms with Crippen molar-refractivity contribution in [1.29, 1.82) is 0 Å². The van der Waals surface area contributed by atoms with Crippen LogP contribution in [-0.4, -0.2) is 20.3 Å². The van der Waals surface area contributed by atoms with Crippen LogP contribution in [0.1, 0.15) is 32.3 Å². The molecule has 0 spiro atoms. The standard InChI is InChI=1S/C14H22BrNO2/c1-5-6-10(2)16-9-11-7-13(17-3)14(18-4)8-12(11)15/h7-8,10,16H,5-6,9H2,1-4H3. The van der Waals surface area contributed by atoms with E-state index in [4.69, 9.17) is 9.47 Å². The highest BCUT2D eigenvalue weighted by Crippen LogP contribution is 2.33. The van der Waals surface area contributed by atoms with Crippen LogP contribution in [0, 0.1) is 0 Å². The Labute approximate surface area is 118 Å². The molecular formula is C14H22BrNO2. The van der Waals surface area contributed by atoms with E-state index in [0.717, 1.165) is 22.5 Å². The molecule has 0 saturated carbocycles. The molecule has 1 rings (SSSR count). The third-order valence-electron chi connectivity index (χ3n) is 2.92. The minimum Gasteiger partial charge on any atom is -0.493 e. The Bertz CT molecular complexity index is 382. The molecule has 0 radical (unpaired) electrons. The lowest BCUT2D eigenvalue weighted by Crippen LogP contribution is -2.25. The fraction of sp³-hybridized carbons (Fsp3) is 0.571. The Morgan fingerprint density at radius 2 is 1.83 bits per heavy atom. The van der Waals surface area contributed by atoms with E-state index in [1.54, 1.807) is 14.2 Å². The Morgan fingerprint density at radius 3 is 2.39 bits per heavy atom. The molecule has 0 heterocycles. The molecule has 0 bridgehead atoms. The maximum absolute atomic E-state index is 5.31. The topological polar surface area (TPSA) is 30.5 Å². The molecule has 1 unspecified atom stereocenters. The average Bonchev–Trinajstić information content (AvgIpc) is 2.37. The van der Waals surface area contributed by atoms with E-state index >= 15 is 0 Å². The second-order valence-electron chi connectivity index (χ2n) is 4.37. The molecule has 0 aliphatic heterocycles. The first-order valence-corrected chi connectivity index (χ1v) is 7.05. The molecule has 1 atom stereocenters. The summed E-state index contributed by atoms with van der Waals surface area (Å²) in [5, 5.41) is 3.50. The molecular weight excluding hydrogens is 294 g/mol. The van der Waals surface area contributed by atoms with Gasteiger partial charge in [0.2, 0.25) is 0 Å². The number of benzene rings is 1. The first-order valence-electron chi connectivity index (χ1n) is 6.26. The molecule has 4 heteroatoms. The van der Waals surface area contributed by atoms with E-state index in [1.807, 2.05) is 12.1 Å². The van der Waals surface area contributed by atoms with E-state index in [-0.39, 0.29) is 0 Å². The Morgan fingerprint density at radius 1 is 1.22 bits per heavy atom. The van der Waals surface area contributed by atoms with E-state index < -0.39 is 0 Å². The first-order chi connectivity index (χ1) is 8.62. The number of nitrogens with one attached hydrogen (secondary N) is 1. The van der Waals surface area contributed by atoms with Crippen molar-refractivity contribution < 1.29 is 9.47 Å². The van der Waals surface area contributed by atoms with Gasteiger partial charge in [0.1, 0.15) is 0 Å². The summed E-state index contributed by atoms with van der Waals surface area (Å²) in [4.78, 5) is 0. The molecule has 3 nitrogen and oxygen atoms in total. The van der Waals surface area contributed by atoms with Crippen molar-refractivity contribution >= 4 is 15.9 Å². The van der Waals surface area contributed by atoms with E-state index in [1.165, 1.54) is 18.4 Å². The van der Waals surface area contributed by atoms with Crippen LogP contribution in [0.15, 0.2) is 16.6 Å². The predicted octanol–water partition coefficient (Wildman–Crippen LogP) is 3.74. The van der Waals surface area contributed by atoms with Gasteiger partial charge in [-0.05, 0) is 31.0 Å². The summed E-state index contributed by atoms with van der Waals surface area (Å²) in [7, 11) is 3.30. The van der Waals surface area contributed by atoms with Gasteiger partial charge >= 0.3 is 0 Å². The van der Waals surface area contributed by atoms with Crippen LogP contribution in [0.2, 0.25) is 0 Å². The summed E-state index contributed by atoms with van der Waals surface area (Å²) in [6.07, 6.45) is 2.38. The number of rotatable bonds is 7. The number of ether oxygens (including phenoxy) is 2. The van der Waals surface area contributed by atoms with Crippen molar-refractivity contribution in [3.63, 3.8) is 0 Å². The van der Waals surface area contributed by atoms with Crippen LogP contribution in [0.5, 0.6) is 11.5 Å². The van der Waals surface area contributed by atoms with Crippen LogP contribution in [-0.2, 0) is 6.54 Å². The van der Waals surface area contributed by atoms with Crippen molar-refractivity contribution in [2.75, 3.05) is 14.2 Å². The zero-order valence-corrected chi connectivity index (χ0v) is 13.1. The predicted molar refractivity (Wildman–Crippen MR) is 78.5 cm³/mol. The summed E-state index contributed by atoms with van der Waals surface area (Å²) in [6.45, 7) is 5.23. The van der Waals surface area contributed by atoms with Gasteiger partial charge in [0.05, 0.1) is 14.2 Å². The lowest BCUT2D eigenvalue weighted by Gasteiger charge is -2.15. The van der Waals surface area contributed by atoms with Crippen LogP contribution >= 0.6 is 15.9 Å². The smallest absolute Gasteiger partial charge is 0.161 e. The lowest BCUT2D eigenvalue weighted by molar-refractivity contribution is 0.354. The highest BCUT2D eigenvalue weighted by Gasteiger charge is 2.10. The maximum Gasteiger partial charge on any atom is 0.161 e. The minimum atomic E-state index is 0.523. The van der Waals surface area contributed by atoms with Crippen molar-refractivity contribution in [3.8, 4) is 11.5 Å². The van der Waals surface area contributed by atoms with E-state index in [0.29, 0.717) is 6.04 Å². The van der Waals surface area contributed by atoms with Crippen molar-refractivity contribution in [2.24, 2.45) is 0 Å². The van der Waals surface area contributed by atoms with Gasteiger partial charge in [0, 0.05) is 17.1 Å². The van der Waals surface area contributed by atoms with E-state index in [9.17, 15) is 0 Å². The molecule has 0 fully saturated rings. The SMILES string of the molecule is CCCC(C)NCc1cc(OC)c(OC)cc1Br. The number of methoxy groups -OCH3 is 2. The molecule has 0 aromatic heterocycles. The summed E-state index contributed by atoms with van der Waals surface area (Å²) in [5.41, 5.74) is 1.18. The highest BCUT2D eigenvalue weighted by molar-refractivity contribution is 9.10. The Kier molecular flexibility index (Phi) is 6.50. The second kappa shape index (κ2) is 7.64. The van der Waals surface area contributed by atoms with Gasteiger partial charge in [-0.1, -0.05) is 29.3 Å². The average molecular weight is 316 g/mol. The molecule has 0 aliphatic carbocycles. The summed E-state index contributed by atoms with van der Waals surface area (Å²) in [5.74, 6) is 1.51. The van der Waals surface area contributed by atoms with Gasteiger partial charge in [-0.2, -0.15) is 0 Å². The Hall–Kier alpha value is -0.740. The van der Waals surface area contributed by atoms with Gasteiger partial charge in [-0.15, -0.1) is 0 Å². The Balaban J connectivity index is 2.76.